The first-order valence-electron chi connectivity index (χ1n) is 7.78. The fraction of sp³-hybridized carbons (Fsp3) is 1.00. The molecule has 1 saturated heterocycles. The van der Waals surface area contributed by atoms with Gasteiger partial charge in [-0.15, -0.1) is 0 Å². The second-order valence-corrected chi connectivity index (χ2v) is 6.67. The topological polar surface area (TPSA) is 15.3 Å². The lowest BCUT2D eigenvalue weighted by atomic mass is 9.97. The van der Waals surface area contributed by atoms with E-state index in [1.165, 1.54) is 71.1 Å². The van der Waals surface area contributed by atoms with Gasteiger partial charge in [-0.05, 0) is 69.4 Å². The molecule has 98 valence electrons. The van der Waals surface area contributed by atoms with Gasteiger partial charge in [-0.3, -0.25) is 0 Å². The van der Waals surface area contributed by atoms with Crippen LogP contribution in [-0.4, -0.2) is 37.1 Å². The third-order valence-electron chi connectivity index (χ3n) is 5.06. The molecule has 2 saturated carbocycles. The fourth-order valence-corrected chi connectivity index (χ4v) is 3.71. The molecule has 3 fully saturated rings. The number of hydrogen-bond donors (Lipinski definition) is 1. The van der Waals surface area contributed by atoms with Crippen LogP contribution in [0, 0.1) is 11.3 Å². The average molecular weight is 236 g/mol. The summed E-state index contributed by atoms with van der Waals surface area (Å²) >= 11 is 0. The lowest BCUT2D eigenvalue weighted by Gasteiger charge is -2.35. The summed E-state index contributed by atoms with van der Waals surface area (Å²) in [5.74, 6) is 1.12. The first-order valence-corrected chi connectivity index (χ1v) is 7.78. The van der Waals surface area contributed by atoms with Crippen LogP contribution < -0.4 is 5.32 Å². The van der Waals surface area contributed by atoms with Crippen LogP contribution >= 0.6 is 0 Å². The molecule has 1 unspecified atom stereocenters. The Morgan fingerprint density at radius 3 is 2.71 bits per heavy atom. The maximum Gasteiger partial charge on any atom is 0.0195 e. The molecule has 1 atom stereocenters. The summed E-state index contributed by atoms with van der Waals surface area (Å²) in [6.45, 7) is 7.56. The van der Waals surface area contributed by atoms with Crippen molar-refractivity contribution in [3.63, 3.8) is 0 Å². The lowest BCUT2D eigenvalue weighted by Crippen LogP contribution is -2.47. The van der Waals surface area contributed by atoms with E-state index < -0.39 is 0 Å². The van der Waals surface area contributed by atoms with Crippen LogP contribution in [0.25, 0.3) is 0 Å². The number of likely N-dealkylation sites (tertiary alicyclic amines) is 1. The normalized spacial score (nSPS) is 32.6. The Labute approximate surface area is 106 Å². The minimum absolute atomic E-state index is 0.777. The number of rotatable bonds is 6. The molecule has 0 spiro atoms. The van der Waals surface area contributed by atoms with Crippen LogP contribution in [0.3, 0.4) is 0 Å². The van der Waals surface area contributed by atoms with Crippen LogP contribution in [-0.2, 0) is 0 Å². The first-order chi connectivity index (χ1) is 8.32. The number of hydrogen-bond acceptors (Lipinski definition) is 2. The average Bonchev–Trinajstić information content (AvgIpc) is 3.18. The Hall–Kier alpha value is -0.0800. The third-order valence-corrected chi connectivity index (χ3v) is 5.06. The van der Waals surface area contributed by atoms with Crippen molar-refractivity contribution in [2.24, 2.45) is 11.3 Å². The van der Waals surface area contributed by atoms with Crippen molar-refractivity contribution in [3.8, 4) is 0 Å². The SMILES string of the molecule is CCCNC1CCCN(CC2(C3CC3)CC2)C1. The summed E-state index contributed by atoms with van der Waals surface area (Å²) in [6, 6.07) is 0.777. The van der Waals surface area contributed by atoms with Crippen molar-refractivity contribution in [1.82, 2.24) is 10.2 Å². The van der Waals surface area contributed by atoms with Gasteiger partial charge in [0.25, 0.3) is 0 Å². The van der Waals surface area contributed by atoms with Crippen molar-refractivity contribution in [2.75, 3.05) is 26.2 Å². The molecule has 3 aliphatic rings. The maximum atomic E-state index is 3.71. The Balaban J connectivity index is 1.46. The zero-order chi connectivity index (χ0) is 11.7. The fourth-order valence-electron chi connectivity index (χ4n) is 3.71. The van der Waals surface area contributed by atoms with Gasteiger partial charge < -0.3 is 10.2 Å². The van der Waals surface area contributed by atoms with Crippen LogP contribution in [0.5, 0.6) is 0 Å². The van der Waals surface area contributed by atoms with Gasteiger partial charge in [0.05, 0.1) is 0 Å². The largest absolute Gasteiger partial charge is 0.313 e. The summed E-state index contributed by atoms with van der Waals surface area (Å²) < 4.78 is 0. The smallest absolute Gasteiger partial charge is 0.0195 e. The number of nitrogens with zero attached hydrogens (tertiary/aromatic N) is 1. The van der Waals surface area contributed by atoms with E-state index in [4.69, 9.17) is 0 Å². The zero-order valence-electron chi connectivity index (χ0n) is 11.4. The van der Waals surface area contributed by atoms with Gasteiger partial charge >= 0.3 is 0 Å². The van der Waals surface area contributed by atoms with Crippen molar-refractivity contribution in [2.45, 2.75) is 57.9 Å². The van der Waals surface area contributed by atoms with E-state index in [1.807, 2.05) is 0 Å². The minimum atomic E-state index is 0.777. The molecule has 0 amide bonds. The molecule has 1 heterocycles. The molecule has 1 N–H and O–H groups in total. The van der Waals surface area contributed by atoms with Gasteiger partial charge in [0, 0.05) is 19.1 Å². The van der Waals surface area contributed by atoms with E-state index in [0.717, 1.165) is 17.4 Å². The molecule has 0 aromatic carbocycles. The Morgan fingerprint density at radius 2 is 2.06 bits per heavy atom. The molecule has 0 radical (unpaired) electrons. The van der Waals surface area contributed by atoms with E-state index in [2.05, 4.69) is 17.1 Å². The van der Waals surface area contributed by atoms with Gasteiger partial charge in [-0.2, -0.15) is 0 Å². The van der Waals surface area contributed by atoms with Gasteiger partial charge in [0.15, 0.2) is 0 Å². The monoisotopic (exact) mass is 236 g/mol. The predicted molar refractivity (Wildman–Crippen MR) is 72.1 cm³/mol. The summed E-state index contributed by atoms with van der Waals surface area (Å²) in [5, 5.41) is 3.71. The minimum Gasteiger partial charge on any atom is -0.313 e. The Morgan fingerprint density at radius 1 is 1.24 bits per heavy atom. The molecular formula is C15H28N2. The lowest BCUT2D eigenvalue weighted by molar-refractivity contribution is 0.149. The highest BCUT2D eigenvalue weighted by molar-refractivity contribution is 5.05. The van der Waals surface area contributed by atoms with Gasteiger partial charge in [0.2, 0.25) is 0 Å². The van der Waals surface area contributed by atoms with E-state index in [-0.39, 0.29) is 0 Å². The zero-order valence-corrected chi connectivity index (χ0v) is 11.4. The highest BCUT2D eigenvalue weighted by Gasteiger charge is 2.54. The summed E-state index contributed by atoms with van der Waals surface area (Å²) in [5.41, 5.74) is 0.798. The van der Waals surface area contributed by atoms with Crippen molar-refractivity contribution in [1.29, 1.82) is 0 Å². The molecule has 3 rings (SSSR count). The highest BCUT2D eigenvalue weighted by Crippen LogP contribution is 2.61. The second-order valence-electron chi connectivity index (χ2n) is 6.67. The molecule has 0 aromatic heterocycles. The van der Waals surface area contributed by atoms with Gasteiger partial charge in [-0.25, -0.2) is 0 Å². The van der Waals surface area contributed by atoms with E-state index in [1.54, 1.807) is 0 Å². The van der Waals surface area contributed by atoms with Crippen molar-refractivity contribution < 1.29 is 0 Å². The first kappa shape index (κ1) is 12.0. The Bertz CT molecular complexity index is 256. The summed E-state index contributed by atoms with van der Waals surface area (Å²) in [6.07, 6.45) is 10.2. The molecule has 2 aliphatic carbocycles. The van der Waals surface area contributed by atoms with Crippen molar-refractivity contribution >= 4 is 0 Å². The molecule has 0 bridgehead atoms. The molecule has 1 aliphatic heterocycles. The Kier molecular flexibility index (Phi) is 3.45. The van der Waals surface area contributed by atoms with Crippen molar-refractivity contribution in [3.05, 3.63) is 0 Å². The van der Waals surface area contributed by atoms with Crippen LogP contribution in [0.1, 0.15) is 51.9 Å². The quantitative estimate of drug-likeness (QED) is 0.763. The predicted octanol–water partition coefficient (Wildman–Crippen LogP) is 2.64. The standard InChI is InChI=1S/C15H28N2/c1-2-9-16-14-4-3-10-17(11-14)12-15(7-8-15)13-5-6-13/h13-14,16H,2-12H2,1H3. The van der Waals surface area contributed by atoms with E-state index in [0.29, 0.717) is 0 Å². The molecule has 2 heteroatoms. The molecule has 17 heavy (non-hydrogen) atoms. The number of nitrogens with one attached hydrogen (secondary N) is 1. The van der Waals surface area contributed by atoms with Crippen LogP contribution in [0.4, 0.5) is 0 Å². The highest BCUT2D eigenvalue weighted by atomic mass is 15.2. The van der Waals surface area contributed by atoms with E-state index in [9.17, 15) is 0 Å². The second kappa shape index (κ2) is 4.89. The third kappa shape index (κ3) is 2.85. The maximum absolute atomic E-state index is 3.71. The molecule has 0 aromatic rings. The van der Waals surface area contributed by atoms with Crippen LogP contribution in [0.2, 0.25) is 0 Å². The van der Waals surface area contributed by atoms with Gasteiger partial charge in [-0.1, -0.05) is 6.92 Å². The van der Waals surface area contributed by atoms with Gasteiger partial charge in [0.1, 0.15) is 0 Å². The molecule has 2 nitrogen and oxygen atoms in total. The van der Waals surface area contributed by atoms with Crippen LogP contribution in [0.15, 0.2) is 0 Å². The molecular weight excluding hydrogens is 208 g/mol. The van der Waals surface area contributed by atoms with E-state index >= 15 is 0 Å². The summed E-state index contributed by atoms with van der Waals surface area (Å²) in [7, 11) is 0. The summed E-state index contributed by atoms with van der Waals surface area (Å²) in [4.78, 5) is 2.77. The number of piperidine rings is 1.